The summed E-state index contributed by atoms with van der Waals surface area (Å²) in [4.78, 5) is 39.7. The fraction of sp³-hybridized carbons (Fsp3) is 0.318. The van der Waals surface area contributed by atoms with Crippen molar-refractivity contribution in [1.82, 2.24) is 18.8 Å². The largest absolute Gasteiger partial charge is 0.461 e. The van der Waals surface area contributed by atoms with Crippen molar-refractivity contribution in [1.29, 1.82) is 0 Å². The number of carbonyl (C=O) groups excluding carboxylic acids is 1. The highest BCUT2D eigenvalue weighted by Crippen LogP contribution is 2.08. The van der Waals surface area contributed by atoms with Gasteiger partial charge >= 0.3 is 5.97 Å². The van der Waals surface area contributed by atoms with Crippen molar-refractivity contribution in [2.75, 3.05) is 6.61 Å². The van der Waals surface area contributed by atoms with E-state index >= 15 is 0 Å². The fourth-order valence-corrected chi connectivity index (χ4v) is 3.06. The zero-order valence-electron chi connectivity index (χ0n) is 18.4. The number of aromatic amines is 2. The number of carbonyl (C=O) groups is 1. The summed E-state index contributed by atoms with van der Waals surface area (Å²) in [7, 11) is 0. The number of hydrogen-bond acceptors (Lipinski definition) is 5. The average molecular weight is 428 g/mol. The predicted octanol–water partition coefficient (Wildman–Crippen LogP) is 2.57. The summed E-state index contributed by atoms with van der Waals surface area (Å²) in [5, 5.41) is 8.84. The maximum absolute atomic E-state index is 11.7. The minimum atomic E-state index is -0.521. The van der Waals surface area contributed by atoms with Gasteiger partial charge in [0.05, 0.1) is 18.9 Å². The second-order valence-corrected chi connectivity index (χ2v) is 6.49. The maximum atomic E-state index is 11.7. The quantitative estimate of drug-likeness (QED) is 0.433. The molecular formula is C22H28N4O5. The number of aromatic nitrogens is 4. The standard InChI is InChI=1S/C11H12N2O3.C9H10N2O2.C2H6/c1-3-16-11(15)8-6-13-5-4-7(2)9(13)10(14)12-8;1-6-2-3-11-4-7(5-12)10-9(13)8(6)11;1-2/h4-6H,3H2,1-2H3,(H,12,14);2-4,12H,5H2,1H3,(H,10,13);1-2H3. The third-order valence-corrected chi connectivity index (χ3v) is 4.41. The summed E-state index contributed by atoms with van der Waals surface area (Å²) in [5.74, 6) is -0.521. The first-order chi connectivity index (χ1) is 14.8. The Morgan fingerprint density at radius 2 is 1.48 bits per heavy atom. The fourth-order valence-electron chi connectivity index (χ4n) is 3.06. The van der Waals surface area contributed by atoms with Gasteiger partial charge in [0.2, 0.25) is 0 Å². The number of rotatable bonds is 3. The Balaban J connectivity index is 0.000000208. The van der Waals surface area contributed by atoms with E-state index in [4.69, 9.17) is 9.84 Å². The first kappa shape index (κ1) is 23.7. The molecule has 0 aliphatic heterocycles. The Morgan fingerprint density at radius 1 is 0.968 bits per heavy atom. The van der Waals surface area contributed by atoms with Gasteiger partial charge < -0.3 is 28.6 Å². The highest BCUT2D eigenvalue weighted by atomic mass is 16.5. The van der Waals surface area contributed by atoms with E-state index in [1.165, 1.54) is 0 Å². The van der Waals surface area contributed by atoms with Crippen LogP contribution in [0.3, 0.4) is 0 Å². The van der Waals surface area contributed by atoms with Gasteiger partial charge in [0.15, 0.2) is 0 Å². The summed E-state index contributed by atoms with van der Waals surface area (Å²) < 4.78 is 8.16. The molecule has 0 saturated heterocycles. The summed E-state index contributed by atoms with van der Waals surface area (Å²) in [5.41, 5.74) is 3.23. The van der Waals surface area contributed by atoms with Crippen LogP contribution in [-0.4, -0.2) is 36.5 Å². The molecule has 0 aromatic carbocycles. The second kappa shape index (κ2) is 10.4. The zero-order valence-corrected chi connectivity index (χ0v) is 18.4. The molecule has 4 aromatic rings. The molecule has 0 spiro atoms. The average Bonchev–Trinajstić information content (AvgIpc) is 3.33. The van der Waals surface area contributed by atoms with Gasteiger partial charge in [-0.15, -0.1) is 0 Å². The van der Waals surface area contributed by atoms with Crippen LogP contribution in [0.25, 0.3) is 11.0 Å². The van der Waals surface area contributed by atoms with Crippen molar-refractivity contribution in [2.24, 2.45) is 0 Å². The maximum Gasteiger partial charge on any atom is 0.356 e. The van der Waals surface area contributed by atoms with Crippen LogP contribution in [0.5, 0.6) is 0 Å². The van der Waals surface area contributed by atoms with E-state index in [1.807, 2.05) is 39.8 Å². The monoisotopic (exact) mass is 428 g/mol. The van der Waals surface area contributed by atoms with Gasteiger partial charge in [-0.3, -0.25) is 9.59 Å². The molecule has 0 bridgehead atoms. The van der Waals surface area contributed by atoms with Gasteiger partial charge in [-0.25, -0.2) is 4.79 Å². The third kappa shape index (κ3) is 5.13. The van der Waals surface area contributed by atoms with E-state index in [1.54, 1.807) is 40.5 Å². The third-order valence-electron chi connectivity index (χ3n) is 4.41. The van der Waals surface area contributed by atoms with E-state index in [0.717, 1.165) is 11.1 Å². The SMILES string of the molecule is CC.CCOC(=O)c1cn2ccc(C)c2c(=O)[nH]1.Cc1ccn2cc(CO)[nH]c(=O)c12. The molecule has 4 heterocycles. The molecule has 9 nitrogen and oxygen atoms in total. The predicted molar refractivity (Wildman–Crippen MR) is 119 cm³/mol. The lowest BCUT2D eigenvalue weighted by molar-refractivity contribution is 0.0518. The van der Waals surface area contributed by atoms with Gasteiger partial charge in [-0.2, -0.15) is 0 Å². The lowest BCUT2D eigenvalue weighted by atomic mass is 10.3. The molecule has 0 amide bonds. The van der Waals surface area contributed by atoms with Crippen molar-refractivity contribution in [3.63, 3.8) is 0 Å². The molecule has 166 valence electrons. The van der Waals surface area contributed by atoms with Crippen LogP contribution in [0.2, 0.25) is 0 Å². The number of fused-ring (bicyclic) bond motifs is 2. The van der Waals surface area contributed by atoms with Crippen LogP contribution in [0.1, 0.15) is 48.1 Å². The number of nitrogens with one attached hydrogen (secondary N) is 2. The Labute approximate surface area is 178 Å². The van der Waals surface area contributed by atoms with Crippen LogP contribution in [-0.2, 0) is 11.3 Å². The Bertz CT molecular complexity index is 1290. The zero-order chi connectivity index (χ0) is 23.1. The molecule has 0 saturated carbocycles. The molecule has 4 aromatic heterocycles. The first-order valence-corrected chi connectivity index (χ1v) is 10.0. The lowest BCUT2D eigenvalue weighted by Gasteiger charge is -2.02. The van der Waals surface area contributed by atoms with Gasteiger partial charge in [0.25, 0.3) is 11.1 Å². The van der Waals surface area contributed by atoms with E-state index in [9.17, 15) is 14.4 Å². The van der Waals surface area contributed by atoms with Gasteiger partial charge in [0.1, 0.15) is 16.7 Å². The van der Waals surface area contributed by atoms with Crippen LogP contribution in [0.4, 0.5) is 0 Å². The normalized spacial score (nSPS) is 10.3. The van der Waals surface area contributed by atoms with E-state index in [0.29, 0.717) is 16.7 Å². The van der Waals surface area contributed by atoms with E-state index in [2.05, 4.69) is 9.97 Å². The van der Waals surface area contributed by atoms with Crippen LogP contribution in [0, 0.1) is 13.8 Å². The first-order valence-electron chi connectivity index (χ1n) is 10.0. The number of aryl methyl sites for hydroxylation is 2. The molecule has 0 aliphatic carbocycles. The molecule has 0 atom stereocenters. The Kier molecular flexibility index (Phi) is 7.98. The van der Waals surface area contributed by atoms with Crippen molar-refractivity contribution in [2.45, 2.75) is 41.2 Å². The van der Waals surface area contributed by atoms with Gasteiger partial charge in [0, 0.05) is 24.8 Å². The lowest BCUT2D eigenvalue weighted by Crippen LogP contribution is -2.17. The van der Waals surface area contributed by atoms with Crippen molar-refractivity contribution >= 4 is 17.0 Å². The van der Waals surface area contributed by atoms with Crippen molar-refractivity contribution in [3.8, 4) is 0 Å². The molecule has 0 fully saturated rings. The smallest absolute Gasteiger partial charge is 0.356 e. The second-order valence-electron chi connectivity index (χ2n) is 6.49. The number of aliphatic hydroxyl groups excluding tert-OH is 1. The van der Waals surface area contributed by atoms with Gasteiger partial charge in [-0.05, 0) is 44.0 Å². The molecule has 0 unspecified atom stereocenters. The Hall–Kier alpha value is -3.59. The van der Waals surface area contributed by atoms with E-state index in [-0.39, 0.29) is 30.0 Å². The van der Waals surface area contributed by atoms with Crippen LogP contribution in [0.15, 0.2) is 46.5 Å². The molecule has 3 N–H and O–H groups in total. The number of nitrogens with zero attached hydrogens (tertiary/aromatic N) is 2. The molecule has 9 heteroatoms. The molecule has 4 rings (SSSR count). The number of H-pyrrole nitrogens is 2. The van der Waals surface area contributed by atoms with Crippen LogP contribution < -0.4 is 11.1 Å². The molecule has 31 heavy (non-hydrogen) atoms. The topological polar surface area (TPSA) is 121 Å². The van der Waals surface area contributed by atoms with Crippen LogP contribution >= 0.6 is 0 Å². The molecule has 0 radical (unpaired) electrons. The minimum Gasteiger partial charge on any atom is -0.461 e. The highest BCUT2D eigenvalue weighted by Gasteiger charge is 2.11. The van der Waals surface area contributed by atoms with Crippen molar-refractivity contribution in [3.05, 3.63) is 80.1 Å². The number of aliphatic hydroxyl groups is 1. The summed E-state index contributed by atoms with van der Waals surface area (Å²) in [6.07, 6.45) is 6.81. The number of esters is 1. The summed E-state index contributed by atoms with van der Waals surface area (Å²) >= 11 is 0. The Morgan fingerprint density at radius 3 is 2.00 bits per heavy atom. The summed E-state index contributed by atoms with van der Waals surface area (Å²) in [6, 6.07) is 3.69. The number of hydrogen-bond donors (Lipinski definition) is 3. The molecular weight excluding hydrogens is 400 g/mol. The highest BCUT2D eigenvalue weighted by molar-refractivity contribution is 5.87. The van der Waals surface area contributed by atoms with Gasteiger partial charge in [-0.1, -0.05) is 13.8 Å². The minimum absolute atomic E-state index is 0.150. The van der Waals surface area contributed by atoms with Crippen molar-refractivity contribution < 1.29 is 14.6 Å². The van der Waals surface area contributed by atoms with E-state index < -0.39 is 5.97 Å². The molecule has 0 aliphatic rings. The number of ether oxygens (including phenoxy) is 1. The summed E-state index contributed by atoms with van der Waals surface area (Å²) in [6.45, 7) is 9.57.